The lowest BCUT2D eigenvalue weighted by Gasteiger charge is -2.40. The van der Waals surface area contributed by atoms with Gasteiger partial charge in [-0.3, -0.25) is 4.79 Å². The average molecular weight is 365 g/mol. The van der Waals surface area contributed by atoms with Crippen molar-refractivity contribution in [2.24, 2.45) is 5.92 Å². The number of likely N-dealkylation sites (tertiary alicyclic amines) is 1. The van der Waals surface area contributed by atoms with Crippen LogP contribution in [-0.2, 0) is 9.84 Å². The fraction of sp³-hybridized carbons (Fsp3) is 0.632. The molecule has 2 fully saturated rings. The Morgan fingerprint density at radius 2 is 1.80 bits per heavy atom. The van der Waals surface area contributed by atoms with Gasteiger partial charge in [0.1, 0.15) is 0 Å². The van der Waals surface area contributed by atoms with Gasteiger partial charge in [0.2, 0.25) is 0 Å². The zero-order chi connectivity index (χ0) is 18.0. The van der Waals surface area contributed by atoms with Crippen LogP contribution in [-0.4, -0.2) is 67.3 Å². The third kappa shape index (κ3) is 4.06. The SMILES string of the molecule is CC(C)CN1CC[C@@H]2[C@H](CC1)N(C(=O)c1ccccc1)CCS2(=O)=O. The number of carbonyl (C=O) groups excluding carboxylic acids is 1. The number of hydrogen-bond donors (Lipinski definition) is 0. The number of benzene rings is 1. The van der Waals surface area contributed by atoms with Gasteiger partial charge in [0.15, 0.2) is 9.84 Å². The molecule has 0 saturated carbocycles. The van der Waals surface area contributed by atoms with Crippen LogP contribution in [0.4, 0.5) is 0 Å². The van der Waals surface area contributed by atoms with E-state index in [1.807, 2.05) is 35.2 Å². The number of carbonyl (C=O) groups is 1. The standard InChI is InChI=1S/C19H28N2O3S/c1-15(2)14-20-10-8-17-18(9-11-20)25(23,24)13-12-21(17)19(22)16-6-4-3-5-7-16/h3-7,15,17-18H,8-14H2,1-2H3/t17-,18+/m0/s1. The van der Waals surface area contributed by atoms with E-state index in [9.17, 15) is 13.2 Å². The van der Waals surface area contributed by atoms with Crippen molar-refractivity contribution in [3.05, 3.63) is 35.9 Å². The molecular weight excluding hydrogens is 336 g/mol. The van der Waals surface area contributed by atoms with Crippen molar-refractivity contribution in [1.29, 1.82) is 0 Å². The molecule has 0 aliphatic carbocycles. The number of amides is 1. The first-order chi connectivity index (χ1) is 11.9. The summed E-state index contributed by atoms with van der Waals surface area (Å²) >= 11 is 0. The second-order valence-electron chi connectivity index (χ2n) is 7.61. The topological polar surface area (TPSA) is 57.7 Å². The third-order valence-corrected chi connectivity index (χ3v) is 7.51. The summed E-state index contributed by atoms with van der Waals surface area (Å²) in [5, 5.41) is -0.425. The normalized spacial score (nSPS) is 26.9. The van der Waals surface area contributed by atoms with Gasteiger partial charge in [-0.15, -0.1) is 0 Å². The maximum Gasteiger partial charge on any atom is 0.254 e. The minimum absolute atomic E-state index is 0.0391. The van der Waals surface area contributed by atoms with Gasteiger partial charge in [-0.1, -0.05) is 32.0 Å². The van der Waals surface area contributed by atoms with Crippen molar-refractivity contribution in [2.75, 3.05) is 31.9 Å². The third-order valence-electron chi connectivity index (χ3n) is 5.28. The predicted molar refractivity (Wildman–Crippen MR) is 99.4 cm³/mol. The number of hydrogen-bond acceptors (Lipinski definition) is 4. The molecule has 0 aromatic heterocycles. The molecule has 5 nitrogen and oxygen atoms in total. The summed E-state index contributed by atoms with van der Waals surface area (Å²) in [5.41, 5.74) is 0.642. The second kappa shape index (κ2) is 7.46. The molecule has 3 rings (SSSR count). The summed E-state index contributed by atoms with van der Waals surface area (Å²) in [7, 11) is -3.13. The maximum atomic E-state index is 13.0. The highest BCUT2D eigenvalue weighted by molar-refractivity contribution is 7.92. The summed E-state index contributed by atoms with van der Waals surface area (Å²) in [5.74, 6) is 0.596. The van der Waals surface area contributed by atoms with Crippen LogP contribution < -0.4 is 0 Å². The Bertz CT molecular complexity index is 703. The molecule has 0 radical (unpaired) electrons. The minimum atomic E-state index is -3.13. The lowest BCUT2D eigenvalue weighted by Crippen LogP contribution is -2.56. The van der Waals surface area contributed by atoms with E-state index in [0.717, 1.165) is 26.1 Å². The number of fused-ring (bicyclic) bond motifs is 1. The van der Waals surface area contributed by atoms with Gasteiger partial charge in [-0.05, 0) is 37.4 Å². The molecule has 0 spiro atoms. The molecule has 2 aliphatic rings. The summed E-state index contributed by atoms with van der Waals surface area (Å²) in [4.78, 5) is 17.1. The molecule has 0 unspecified atom stereocenters. The summed E-state index contributed by atoms with van der Waals surface area (Å²) in [6.45, 7) is 7.30. The minimum Gasteiger partial charge on any atom is -0.333 e. The Kier molecular flexibility index (Phi) is 5.49. The Balaban J connectivity index is 1.83. The molecule has 6 heteroatoms. The van der Waals surface area contributed by atoms with Crippen molar-refractivity contribution in [1.82, 2.24) is 9.80 Å². The largest absolute Gasteiger partial charge is 0.333 e. The first-order valence-electron chi connectivity index (χ1n) is 9.18. The Morgan fingerprint density at radius 1 is 1.12 bits per heavy atom. The monoisotopic (exact) mass is 364 g/mol. The van der Waals surface area contributed by atoms with E-state index in [1.54, 1.807) is 0 Å². The zero-order valence-corrected chi connectivity index (χ0v) is 15.9. The fourth-order valence-electron chi connectivity index (χ4n) is 4.13. The summed E-state index contributed by atoms with van der Waals surface area (Å²) in [6, 6.07) is 9.00. The van der Waals surface area contributed by atoms with Gasteiger partial charge in [0.05, 0.1) is 17.0 Å². The number of rotatable bonds is 3. The molecule has 25 heavy (non-hydrogen) atoms. The lowest BCUT2D eigenvalue weighted by atomic mass is 10.0. The van der Waals surface area contributed by atoms with Crippen LogP contribution >= 0.6 is 0 Å². The van der Waals surface area contributed by atoms with Crippen LogP contribution in [0.15, 0.2) is 30.3 Å². The van der Waals surface area contributed by atoms with E-state index in [4.69, 9.17) is 0 Å². The van der Waals surface area contributed by atoms with Crippen LogP contribution in [0.25, 0.3) is 0 Å². The molecule has 2 saturated heterocycles. The number of sulfone groups is 1. The van der Waals surface area contributed by atoms with Crippen LogP contribution in [0, 0.1) is 5.92 Å². The molecule has 138 valence electrons. The first-order valence-corrected chi connectivity index (χ1v) is 10.9. The summed E-state index contributed by atoms with van der Waals surface area (Å²) < 4.78 is 25.3. The molecular formula is C19H28N2O3S. The van der Waals surface area contributed by atoms with Gasteiger partial charge < -0.3 is 9.80 Å². The Morgan fingerprint density at radius 3 is 2.48 bits per heavy atom. The van der Waals surface area contributed by atoms with Crippen molar-refractivity contribution >= 4 is 15.7 Å². The summed E-state index contributed by atoms with van der Waals surface area (Å²) in [6.07, 6.45) is 1.35. The maximum absolute atomic E-state index is 13.0. The van der Waals surface area contributed by atoms with E-state index < -0.39 is 15.1 Å². The van der Waals surface area contributed by atoms with Crippen LogP contribution in [0.5, 0.6) is 0 Å². The first kappa shape index (κ1) is 18.4. The van der Waals surface area contributed by atoms with Gasteiger partial charge in [-0.25, -0.2) is 8.42 Å². The highest BCUT2D eigenvalue weighted by Crippen LogP contribution is 2.29. The van der Waals surface area contributed by atoms with Crippen LogP contribution in [0.2, 0.25) is 0 Å². The van der Waals surface area contributed by atoms with E-state index in [1.165, 1.54) is 0 Å². The molecule has 2 aliphatic heterocycles. The fourth-order valence-corrected chi connectivity index (χ4v) is 6.11. The predicted octanol–water partition coefficient (Wildman–Crippen LogP) is 2.05. The molecule has 1 aromatic carbocycles. The average Bonchev–Trinajstić information content (AvgIpc) is 2.78. The Hall–Kier alpha value is -1.40. The van der Waals surface area contributed by atoms with E-state index >= 15 is 0 Å². The lowest BCUT2D eigenvalue weighted by molar-refractivity contribution is 0.0664. The molecule has 1 amide bonds. The Labute approximate surface area is 150 Å². The quantitative estimate of drug-likeness (QED) is 0.824. The van der Waals surface area contributed by atoms with E-state index in [2.05, 4.69) is 18.7 Å². The molecule has 1 aromatic rings. The molecule has 2 heterocycles. The number of nitrogens with zero attached hydrogens (tertiary/aromatic N) is 2. The highest BCUT2D eigenvalue weighted by atomic mass is 32.2. The highest BCUT2D eigenvalue weighted by Gasteiger charge is 2.44. The van der Waals surface area contributed by atoms with Crippen LogP contribution in [0.3, 0.4) is 0 Å². The molecule has 2 atom stereocenters. The second-order valence-corrected chi connectivity index (χ2v) is 9.95. The van der Waals surface area contributed by atoms with Crippen LogP contribution in [0.1, 0.15) is 37.0 Å². The van der Waals surface area contributed by atoms with Gasteiger partial charge in [0.25, 0.3) is 5.91 Å². The van der Waals surface area contributed by atoms with Gasteiger partial charge in [-0.2, -0.15) is 0 Å². The smallest absolute Gasteiger partial charge is 0.254 e. The van der Waals surface area contributed by atoms with Crippen molar-refractivity contribution in [3.63, 3.8) is 0 Å². The van der Waals surface area contributed by atoms with Crippen molar-refractivity contribution in [2.45, 2.75) is 38.0 Å². The molecule has 0 N–H and O–H groups in total. The van der Waals surface area contributed by atoms with E-state index in [-0.39, 0.29) is 17.7 Å². The molecule has 0 bridgehead atoms. The van der Waals surface area contributed by atoms with Crippen molar-refractivity contribution < 1.29 is 13.2 Å². The van der Waals surface area contributed by atoms with Crippen molar-refractivity contribution in [3.8, 4) is 0 Å². The van der Waals surface area contributed by atoms with Gasteiger partial charge in [0, 0.05) is 25.2 Å². The van der Waals surface area contributed by atoms with Gasteiger partial charge >= 0.3 is 0 Å². The zero-order valence-electron chi connectivity index (χ0n) is 15.1. The van der Waals surface area contributed by atoms with E-state index in [0.29, 0.717) is 24.4 Å².